The highest BCUT2D eigenvalue weighted by Gasteiger charge is 2.43. The van der Waals surface area contributed by atoms with Crippen LogP contribution in [-0.4, -0.2) is 35.7 Å². The molecule has 0 radical (unpaired) electrons. The van der Waals surface area contributed by atoms with Gasteiger partial charge in [-0.25, -0.2) is 4.79 Å². The molecule has 1 amide bonds. The van der Waals surface area contributed by atoms with E-state index in [4.69, 9.17) is 16.3 Å². The summed E-state index contributed by atoms with van der Waals surface area (Å²) in [5.74, 6) is -0.100. The van der Waals surface area contributed by atoms with Gasteiger partial charge in [-0.3, -0.25) is 4.79 Å². The molecule has 2 unspecified atom stereocenters. The summed E-state index contributed by atoms with van der Waals surface area (Å²) in [6.07, 6.45) is 0. The summed E-state index contributed by atoms with van der Waals surface area (Å²) < 4.78 is 4.91. The van der Waals surface area contributed by atoms with Crippen LogP contribution in [-0.2, 0) is 9.53 Å². The second-order valence-electron chi connectivity index (χ2n) is 5.85. The van der Waals surface area contributed by atoms with Crippen molar-refractivity contribution in [3.05, 3.63) is 70.2 Å². The van der Waals surface area contributed by atoms with Gasteiger partial charge in [0, 0.05) is 16.3 Å². The number of aryl methyl sites for hydroxylation is 1. The molecular formula is C19H18ClNO3S. The number of hydrogen-bond acceptors (Lipinski definition) is 4. The highest BCUT2D eigenvalue weighted by molar-refractivity contribution is 7.99. The van der Waals surface area contributed by atoms with E-state index in [9.17, 15) is 9.59 Å². The third-order valence-electron chi connectivity index (χ3n) is 4.16. The van der Waals surface area contributed by atoms with Crippen molar-refractivity contribution < 1.29 is 14.3 Å². The molecule has 0 aliphatic carbocycles. The molecule has 6 heteroatoms. The minimum absolute atomic E-state index is 0.206. The van der Waals surface area contributed by atoms with E-state index in [-0.39, 0.29) is 11.3 Å². The summed E-state index contributed by atoms with van der Waals surface area (Å²) in [6, 6.07) is 14.1. The standard InChI is InChI=1S/C19H18ClNO3S/c1-12-3-5-14(6-4-12)18-21(16(11-25-18)19(23)24-2)17(22)13-7-9-15(20)10-8-13/h3-10,16,18H,11H2,1-2H3. The first kappa shape index (κ1) is 17.8. The average molecular weight is 376 g/mol. The number of amides is 1. The van der Waals surface area contributed by atoms with Gasteiger partial charge in [-0.15, -0.1) is 11.8 Å². The smallest absolute Gasteiger partial charge is 0.329 e. The van der Waals surface area contributed by atoms with Gasteiger partial charge in [0.15, 0.2) is 0 Å². The third-order valence-corrected chi connectivity index (χ3v) is 5.74. The second-order valence-corrected chi connectivity index (χ2v) is 7.40. The van der Waals surface area contributed by atoms with E-state index in [0.29, 0.717) is 16.3 Å². The maximum atomic E-state index is 13.1. The zero-order chi connectivity index (χ0) is 18.0. The Hall–Kier alpha value is -1.98. The molecule has 130 valence electrons. The fourth-order valence-corrected chi connectivity index (χ4v) is 4.34. The molecule has 0 spiro atoms. The normalized spacial score (nSPS) is 19.7. The van der Waals surface area contributed by atoms with E-state index in [1.54, 1.807) is 40.9 Å². The van der Waals surface area contributed by atoms with E-state index in [1.807, 2.05) is 31.2 Å². The number of halogens is 1. The molecule has 25 heavy (non-hydrogen) atoms. The van der Waals surface area contributed by atoms with Crippen molar-refractivity contribution in [2.75, 3.05) is 12.9 Å². The van der Waals surface area contributed by atoms with Gasteiger partial charge in [0.1, 0.15) is 11.4 Å². The zero-order valence-corrected chi connectivity index (χ0v) is 15.5. The topological polar surface area (TPSA) is 46.6 Å². The Kier molecular flexibility index (Phi) is 5.35. The van der Waals surface area contributed by atoms with E-state index in [2.05, 4.69) is 0 Å². The fourth-order valence-electron chi connectivity index (χ4n) is 2.80. The molecule has 0 bridgehead atoms. The predicted molar refractivity (Wildman–Crippen MR) is 99.8 cm³/mol. The summed E-state index contributed by atoms with van der Waals surface area (Å²) in [5, 5.41) is 0.333. The molecule has 2 atom stereocenters. The first-order chi connectivity index (χ1) is 12.0. The van der Waals surface area contributed by atoms with Crippen molar-refractivity contribution >= 4 is 35.2 Å². The molecule has 2 aromatic carbocycles. The van der Waals surface area contributed by atoms with Crippen molar-refractivity contribution in [3.8, 4) is 0 Å². The van der Waals surface area contributed by atoms with Crippen LogP contribution in [0.15, 0.2) is 48.5 Å². The number of ether oxygens (including phenoxy) is 1. The lowest BCUT2D eigenvalue weighted by atomic mass is 10.1. The number of hydrogen-bond donors (Lipinski definition) is 0. The van der Waals surface area contributed by atoms with Gasteiger partial charge in [0.2, 0.25) is 0 Å². The van der Waals surface area contributed by atoms with Crippen LogP contribution in [0.5, 0.6) is 0 Å². The van der Waals surface area contributed by atoms with Crippen molar-refractivity contribution in [2.24, 2.45) is 0 Å². The van der Waals surface area contributed by atoms with Crippen molar-refractivity contribution in [3.63, 3.8) is 0 Å². The van der Waals surface area contributed by atoms with Gasteiger partial charge in [0.05, 0.1) is 7.11 Å². The number of esters is 1. The highest BCUT2D eigenvalue weighted by Crippen LogP contribution is 2.42. The molecular weight excluding hydrogens is 358 g/mol. The van der Waals surface area contributed by atoms with Gasteiger partial charge in [-0.05, 0) is 36.8 Å². The molecule has 1 fully saturated rings. The van der Waals surface area contributed by atoms with E-state index < -0.39 is 12.0 Å². The van der Waals surface area contributed by atoms with Gasteiger partial charge in [-0.2, -0.15) is 0 Å². The Morgan fingerprint density at radius 2 is 1.76 bits per heavy atom. The number of nitrogens with zero attached hydrogens (tertiary/aromatic N) is 1. The van der Waals surface area contributed by atoms with Crippen LogP contribution in [0.4, 0.5) is 0 Å². The van der Waals surface area contributed by atoms with Crippen LogP contribution in [0.3, 0.4) is 0 Å². The second kappa shape index (κ2) is 7.50. The minimum atomic E-state index is -0.607. The average Bonchev–Trinajstić information content (AvgIpc) is 3.06. The summed E-state index contributed by atoms with van der Waals surface area (Å²) in [6.45, 7) is 2.01. The molecule has 2 aromatic rings. The van der Waals surface area contributed by atoms with E-state index in [0.717, 1.165) is 11.1 Å². The lowest BCUT2D eigenvalue weighted by molar-refractivity contribution is -0.145. The van der Waals surface area contributed by atoms with Gasteiger partial charge < -0.3 is 9.64 Å². The Bertz CT molecular complexity index is 776. The SMILES string of the molecule is COC(=O)C1CSC(c2ccc(C)cc2)N1C(=O)c1ccc(Cl)cc1. The quantitative estimate of drug-likeness (QED) is 0.758. The van der Waals surface area contributed by atoms with Crippen LogP contribution in [0, 0.1) is 6.92 Å². The minimum Gasteiger partial charge on any atom is -0.467 e. The van der Waals surface area contributed by atoms with E-state index >= 15 is 0 Å². The molecule has 3 rings (SSSR count). The van der Waals surface area contributed by atoms with Crippen LogP contribution >= 0.6 is 23.4 Å². The Labute approximate surface area is 156 Å². The maximum absolute atomic E-state index is 13.1. The van der Waals surface area contributed by atoms with Crippen LogP contribution < -0.4 is 0 Å². The number of carbonyl (C=O) groups is 2. The largest absolute Gasteiger partial charge is 0.467 e. The lowest BCUT2D eigenvalue weighted by Gasteiger charge is -2.28. The Morgan fingerprint density at radius 3 is 2.36 bits per heavy atom. The zero-order valence-electron chi connectivity index (χ0n) is 13.9. The summed E-state index contributed by atoms with van der Waals surface area (Å²) in [7, 11) is 1.34. The first-order valence-corrected chi connectivity index (χ1v) is 9.28. The van der Waals surface area contributed by atoms with E-state index in [1.165, 1.54) is 7.11 Å². The predicted octanol–water partition coefficient (Wildman–Crippen LogP) is 4.08. The van der Waals surface area contributed by atoms with Crippen LogP contribution in [0.1, 0.15) is 26.9 Å². The number of benzene rings is 2. The Morgan fingerprint density at radius 1 is 1.12 bits per heavy atom. The van der Waals surface area contributed by atoms with Gasteiger partial charge in [0.25, 0.3) is 5.91 Å². The fraction of sp³-hybridized carbons (Fsp3) is 0.263. The van der Waals surface area contributed by atoms with Gasteiger partial charge in [-0.1, -0.05) is 41.4 Å². The number of thioether (sulfide) groups is 1. The van der Waals surface area contributed by atoms with Crippen molar-refractivity contribution in [2.45, 2.75) is 18.3 Å². The molecule has 0 N–H and O–H groups in total. The molecule has 1 aliphatic heterocycles. The van der Waals surface area contributed by atoms with Crippen LogP contribution in [0.25, 0.3) is 0 Å². The molecule has 0 aromatic heterocycles. The molecule has 1 heterocycles. The van der Waals surface area contributed by atoms with Crippen molar-refractivity contribution in [1.29, 1.82) is 0 Å². The van der Waals surface area contributed by atoms with Crippen molar-refractivity contribution in [1.82, 2.24) is 4.90 Å². The summed E-state index contributed by atoms with van der Waals surface area (Å²) in [5.41, 5.74) is 2.63. The number of rotatable bonds is 3. The first-order valence-electron chi connectivity index (χ1n) is 7.85. The molecule has 1 saturated heterocycles. The van der Waals surface area contributed by atoms with Crippen LogP contribution in [0.2, 0.25) is 5.02 Å². The molecule has 1 aliphatic rings. The highest BCUT2D eigenvalue weighted by atomic mass is 35.5. The Balaban J connectivity index is 1.97. The summed E-state index contributed by atoms with van der Waals surface area (Å²) >= 11 is 7.48. The lowest BCUT2D eigenvalue weighted by Crippen LogP contribution is -2.43. The summed E-state index contributed by atoms with van der Waals surface area (Å²) in [4.78, 5) is 26.9. The monoisotopic (exact) mass is 375 g/mol. The van der Waals surface area contributed by atoms with Gasteiger partial charge >= 0.3 is 5.97 Å². The number of methoxy groups -OCH3 is 1. The third kappa shape index (κ3) is 3.67. The maximum Gasteiger partial charge on any atom is 0.329 e. The molecule has 0 saturated carbocycles. The number of carbonyl (C=O) groups excluding carboxylic acids is 2. The molecule has 4 nitrogen and oxygen atoms in total.